The Labute approximate surface area is 122 Å². The molecule has 1 aromatic carbocycles. The molecule has 20 heavy (non-hydrogen) atoms. The van der Waals surface area contributed by atoms with Crippen LogP contribution in [0.5, 0.6) is 0 Å². The molecule has 3 nitrogen and oxygen atoms in total. The Morgan fingerprint density at radius 2 is 2.00 bits per heavy atom. The molecule has 0 saturated carbocycles. The smallest absolute Gasteiger partial charge is 0.242 e. The van der Waals surface area contributed by atoms with Crippen molar-refractivity contribution in [2.45, 2.75) is 45.6 Å². The van der Waals surface area contributed by atoms with Gasteiger partial charge in [0.25, 0.3) is 0 Å². The molecule has 0 bridgehead atoms. The van der Waals surface area contributed by atoms with Gasteiger partial charge in [0, 0.05) is 13.1 Å². The van der Waals surface area contributed by atoms with Crippen LogP contribution in [0.2, 0.25) is 0 Å². The first-order chi connectivity index (χ1) is 9.30. The number of carbonyl (C=O) groups is 1. The van der Waals surface area contributed by atoms with Gasteiger partial charge in [-0.15, -0.1) is 0 Å². The molecule has 1 heterocycles. The first-order valence-corrected chi connectivity index (χ1v) is 7.42. The van der Waals surface area contributed by atoms with Crippen LogP contribution >= 0.6 is 0 Å². The fourth-order valence-corrected chi connectivity index (χ4v) is 2.90. The number of carbonyl (C=O) groups excluding carboxylic acids is 1. The number of aryl methyl sites for hydroxylation is 1. The van der Waals surface area contributed by atoms with E-state index in [1.54, 1.807) is 13.8 Å². The highest BCUT2D eigenvalue weighted by atomic mass is 16.2. The second-order valence-corrected chi connectivity index (χ2v) is 6.99. The predicted octanol–water partition coefficient (Wildman–Crippen LogP) is 2.60. The molecule has 0 aromatic heterocycles. The number of nitrogens with zero attached hydrogens (tertiary/aromatic N) is 1. The summed E-state index contributed by atoms with van der Waals surface area (Å²) in [6.07, 6.45) is 3.26. The van der Waals surface area contributed by atoms with Crippen LogP contribution in [-0.4, -0.2) is 29.4 Å². The Balaban J connectivity index is 1.92. The van der Waals surface area contributed by atoms with E-state index in [9.17, 15) is 4.79 Å². The minimum Gasteiger partial charge on any atom is -0.341 e. The minimum atomic E-state index is -0.759. The van der Waals surface area contributed by atoms with Gasteiger partial charge in [0.15, 0.2) is 0 Å². The molecular weight excluding hydrogens is 248 g/mol. The molecule has 1 aliphatic heterocycles. The third kappa shape index (κ3) is 3.60. The van der Waals surface area contributed by atoms with Crippen molar-refractivity contribution in [3.05, 3.63) is 35.9 Å². The topological polar surface area (TPSA) is 46.3 Å². The van der Waals surface area contributed by atoms with Gasteiger partial charge in [-0.2, -0.15) is 0 Å². The van der Waals surface area contributed by atoms with E-state index in [2.05, 4.69) is 31.2 Å². The molecule has 1 atom stereocenters. The molecule has 0 aliphatic carbocycles. The van der Waals surface area contributed by atoms with E-state index in [1.165, 1.54) is 5.56 Å². The maximum Gasteiger partial charge on any atom is 0.242 e. The molecule has 0 radical (unpaired) electrons. The minimum absolute atomic E-state index is 0.0703. The van der Waals surface area contributed by atoms with E-state index >= 15 is 0 Å². The van der Waals surface area contributed by atoms with Crippen LogP contribution in [0, 0.1) is 5.41 Å². The quantitative estimate of drug-likeness (QED) is 0.917. The molecule has 1 aliphatic rings. The van der Waals surface area contributed by atoms with Gasteiger partial charge in [0.1, 0.15) is 0 Å². The van der Waals surface area contributed by atoms with Gasteiger partial charge in [0.05, 0.1) is 5.54 Å². The maximum atomic E-state index is 12.2. The van der Waals surface area contributed by atoms with Crippen molar-refractivity contribution in [1.82, 2.24) is 4.90 Å². The molecule has 2 rings (SSSR count). The molecule has 1 aromatic rings. The third-order valence-electron chi connectivity index (χ3n) is 4.26. The van der Waals surface area contributed by atoms with Crippen molar-refractivity contribution in [3.63, 3.8) is 0 Å². The Kier molecular flexibility index (Phi) is 4.19. The second-order valence-electron chi connectivity index (χ2n) is 6.99. The number of nitrogens with two attached hydrogens (primary N) is 1. The molecule has 2 N–H and O–H groups in total. The van der Waals surface area contributed by atoms with Crippen LogP contribution in [-0.2, 0) is 11.2 Å². The van der Waals surface area contributed by atoms with Gasteiger partial charge in [-0.1, -0.05) is 37.3 Å². The highest BCUT2D eigenvalue weighted by molar-refractivity contribution is 5.85. The van der Waals surface area contributed by atoms with Gasteiger partial charge in [-0.3, -0.25) is 4.79 Å². The lowest BCUT2D eigenvalue weighted by Gasteiger charge is -2.28. The van der Waals surface area contributed by atoms with E-state index < -0.39 is 5.54 Å². The fourth-order valence-electron chi connectivity index (χ4n) is 2.90. The summed E-state index contributed by atoms with van der Waals surface area (Å²) in [5.74, 6) is 0.0703. The summed E-state index contributed by atoms with van der Waals surface area (Å²) in [5, 5.41) is 0. The second kappa shape index (κ2) is 5.57. The van der Waals surface area contributed by atoms with Crippen LogP contribution in [0.1, 0.15) is 39.2 Å². The monoisotopic (exact) mass is 274 g/mol. The average Bonchev–Trinajstić information content (AvgIpc) is 2.79. The molecule has 3 heteroatoms. The van der Waals surface area contributed by atoms with Crippen molar-refractivity contribution in [2.75, 3.05) is 13.1 Å². The standard InChI is InChI=1S/C17H26N2O/c1-16(2,18)15(20)19-12-11-17(3,13-19)10-9-14-7-5-4-6-8-14/h4-8H,9-13,18H2,1-3H3. The summed E-state index contributed by atoms with van der Waals surface area (Å²) >= 11 is 0. The Bertz CT molecular complexity index is 464. The van der Waals surface area contributed by atoms with Crippen LogP contribution in [0.3, 0.4) is 0 Å². The number of rotatable bonds is 4. The number of likely N-dealkylation sites (tertiary alicyclic amines) is 1. The molecule has 0 spiro atoms. The molecular formula is C17H26N2O. The molecule has 110 valence electrons. The number of hydrogen-bond donors (Lipinski definition) is 1. The van der Waals surface area contributed by atoms with Gasteiger partial charge in [-0.25, -0.2) is 0 Å². The van der Waals surface area contributed by atoms with Crippen molar-refractivity contribution in [2.24, 2.45) is 11.1 Å². The van der Waals surface area contributed by atoms with Crippen LogP contribution in [0.4, 0.5) is 0 Å². The molecule has 1 saturated heterocycles. The summed E-state index contributed by atoms with van der Waals surface area (Å²) < 4.78 is 0. The van der Waals surface area contributed by atoms with Crippen molar-refractivity contribution in [1.29, 1.82) is 0 Å². The SMILES string of the molecule is CC1(CCc2ccccc2)CCN(C(=O)C(C)(C)N)C1. The van der Waals surface area contributed by atoms with Crippen molar-refractivity contribution in [3.8, 4) is 0 Å². The van der Waals surface area contributed by atoms with Crippen LogP contribution in [0.25, 0.3) is 0 Å². The van der Waals surface area contributed by atoms with E-state index in [1.807, 2.05) is 11.0 Å². The van der Waals surface area contributed by atoms with Crippen molar-refractivity contribution < 1.29 is 4.79 Å². The Hall–Kier alpha value is -1.35. The van der Waals surface area contributed by atoms with E-state index in [4.69, 9.17) is 5.73 Å². The van der Waals surface area contributed by atoms with Gasteiger partial charge >= 0.3 is 0 Å². The van der Waals surface area contributed by atoms with E-state index in [-0.39, 0.29) is 11.3 Å². The number of amides is 1. The first-order valence-electron chi connectivity index (χ1n) is 7.42. The Morgan fingerprint density at radius 3 is 2.60 bits per heavy atom. The fraction of sp³-hybridized carbons (Fsp3) is 0.588. The largest absolute Gasteiger partial charge is 0.341 e. The zero-order chi connectivity index (χ0) is 14.8. The summed E-state index contributed by atoms with van der Waals surface area (Å²) in [7, 11) is 0. The van der Waals surface area contributed by atoms with Crippen molar-refractivity contribution >= 4 is 5.91 Å². The van der Waals surface area contributed by atoms with E-state index in [0.29, 0.717) is 0 Å². The average molecular weight is 274 g/mol. The number of hydrogen-bond acceptors (Lipinski definition) is 2. The third-order valence-corrected chi connectivity index (χ3v) is 4.26. The van der Waals surface area contributed by atoms with Gasteiger partial charge < -0.3 is 10.6 Å². The zero-order valence-electron chi connectivity index (χ0n) is 12.9. The van der Waals surface area contributed by atoms with Crippen LogP contribution < -0.4 is 5.73 Å². The lowest BCUT2D eigenvalue weighted by molar-refractivity contribution is -0.135. The maximum absolute atomic E-state index is 12.2. The molecule has 1 amide bonds. The summed E-state index contributed by atoms with van der Waals surface area (Å²) in [4.78, 5) is 14.2. The summed E-state index contributed by atoms with van der Waals surface area (Å²) in [6, 6.07) is 10.6. The van der Waals surface area contributed by atoms with E-state index in [0.717, 1.165) is 32.4 Å². The normalized spacial score (nSPS) is 23.1. The lowest BCUT2D eigenvalue weighted by atomic mass is 9.83. The zero-order valence-corrected chi connectivity index (χ0v) is 12.9. The molecule has 1 unspecified atom stereocenters. The first kappa shape index (κ1) is 15.0. The van der Waals surface area contributed by atoms with Crippen LogP contribution in [0.15, 0.2) is 30.3 Å². The predicted molar refractivity (Wildman–Crippen MR) is 82.3 cm³/mol. The summed E-state index contributed by atoms with van der Waals surface area (Å²) in [6.45, 7) is 7.53. The molecule has 1 fully saturated rings. The highest BCUT2D eigenvalue weighted by Gasteiger charge is 2.39. The Morgan fingerprint density at radius 1 is 1.35 bits per heavy atom. The van der Waals surface area contributed by atoms with Gasteiger partial charge in [-0.05, 0) is 44.1 Å². The highest BCUT2D eigenvalue weighted by Crippen LogP contribution is 2.35. The summed E-state index contributed by atoms with van der Waals surface area (Å²) in [5.41, 5.74) is 6.75. The van der Waals surface area contributed by atoms with Gasteiger partial charge in [0.2, 0.25) is 5.91 Å². The lowest BCUT2D eigenvalue weighted by Crippen LogP contribution is -2.50. The number of benzene rings is 1.